The summed E-state index contributed by atoms with van der Waals surface area (Å²) < 4.78 is 13.3. The minimum absolute atomic E-state index is 0.0405. The summed E-state index contributed by atoms with van der Waals surface area (Å²) in [5.74, 6) is -0.319. The Morgan fingerprint density at radius 1 is 1.04 bits per heavy atom. The number of nitrogens with zero attached hydrogens (tertiary/aromatic N) is 2. The topological polar surface area (TPSA) is 35.6 Å². The zero-order chi connectivity index (χ0) is 18.5. The molecule has 1 amide bonds. The van der Waals surface area contributed by atoms with Gasteiger partial charge in [-0.15, -0.1) is 0 Å². The maximum Gasteiger partial charge on any atom is 0.251 e. The van der Waals surface area contributed by atoms with Crippen molar-refractivity contribution >= 4 is 5.91 Å². The molecule has 1 fully saturated rings. The van der Waals surface area contributed by atoms with E-state index < -0.39 is 0 Å². The Morgan fingerprint density at radius 2 is 1.65 bits per heavy atom. The Labute approximate surface area is 154 Å². The summed E-state index contributed by atoms with van der Waals surface area (Å²) in [5.41, 5.74) is 2.81. The minimum Gasteiger partial charge on any atom is -0.350 e. The van der Waals surface area contributed by atoms with Gasteiger partial charge in [0.2, 0.25) is 0 Å². The Hall–Kier alpha value is -2.24. The van der Waals surface area contributed by atoms with E-state index in [9.17, 15) is 9.18 Å². The first-order valence-electron chi connectivity index (χ1n) is 9.06. The molecule has 1 N–H and O–H groups in total. The van der Waals surface area contributed by atoms with Gasteiger partial charge < -0.3 is 10.2 Å². The number of piperazine rings is 1. The highest BCUT2D eigenvalue weighted by Gasteiger charge is 2.24. The summed E-state index contributed by atoms with van der Waals surface area (Å²) in [7, 11) is 2.11. The normalized spacial score (nSPS) is 17.0. The van der Waals surface area contributed by atoms with Crippen LogP contribution in [0.25, 0.3) is 0 Å². The van der Waals surface area contributed by atoms with Crippen LogP contribution in [0.15, 0.2) is 48.5 Å². The van der Waals surface area contributed by atoms with Crippen molar-refractivity contribution in [1.29, 1.82) is 0 Å². The molecule has 1 heterocycles. The fourth-order valence-electron chi connectivity index (χ4n) is 3.27. The molecule has 3 rings (SSSR count). The largest absolute Gasteiger partial charge is 0.350 e. The van der Waals surface area contributed by atoms with Gasteiger partial charge in [0.15, 0.2) is 0 Å². The summed E-state index contributed by atoms with van der Waals surface area (Å²) in [6, 6.07) is 14.2. The second-order valence-corrected chi connectivity index (χ2v) is 6.98. The Balaban J connectivity index is 1.71. The first kappa shape index (κ1) is 18.5. The molecule has 0 aromatic heterocycles. The van der Waals surface area contributed by atoms with Crippen LogP contribution in [0.4, 0.5) is 4.39 Å². The first-order valence-corrected chi connectivity index (χ1v) is 9.06. The van der Waals surface area contributed by atoms with Gasteiger partial charge in [0.05, 0.1) is 6.04 Å². The van der Waals surface area contributed by atoms with Crippen LogP contribution in [0.5, 0.6) is 0 Å². The molecule has 2 aromatic carbocycles. The number of hydrogen-bond acceptors (Lipinski definition) is 3. The van der Waals surface area contributed by atoms with Crippen LogP contribution in [0.2, 0.25) is 0 Å². The molecule has 2 aromatic rings. The highest BCUT2D eigenvalue weighted by molar-refractivity contribution is 5.94. The number of aryl methyl sites for hydroxylation is 1. The fourth-order valence-corrected chi connectivity index (χ4v) is 3.27. The number of halogens is 1. The molecule has 138 valence electrons. The van der Waals surface area contributed by atoms with Gasteiger partial charge in [-0.25, -0.2) is 4.39 Å². The van der Waals surface area contributed by atoms with Crippen LogP contribution in [0, 0.1) is 12.7 Å². The molecule has 0 radical (unpaired) electrons. The van der Waals surface area contributed by atoms with E-state index in [1.165, 1.54) is 12.1 Å². The summed E-state index contributed by atoms with van der Waals surface area (Å²) in [6.07, 6.45) is 0. The highest BCUT2D eigenvalue weighted by Crippen LogP contribution is 2.22. The summed E-state index contributed by atoms with van der Waals surface area (Å²) in [5, 5.41) is 3.05. The number of carbonyl (C=O) groups is 1. The van der Waals surface area contributed by atoms with Crippen molar-refractivity contribution in [1.82, 2.24) is 15.1 Å². The predicted molar refractivity (Wildman–Crippen MR) is 102 cm³/mol. The molecular formula is C21H26FN3O. The van der Waals surface area contributed by atoms with Crippen LogP contribution in [0.1, 0.15) is 27.5 Å². The molecule has 4 nitrogen and oxygen atoms in total. The molecule has 0 unspecified atom stereocenters. The Morgan fingerprint density at radius 3 is 2.27 bits per heavy atom. The van der Waals surface area contributed by atoms with Crippen molar-refractivity contribution in [3.05, 3.63) is 71.0 Å². The van der Waals surface area contributed by atoms with Crippen LogP contribution in [-0.4, -0.2) is 55.5 Å². The first-order chi connectivity index (χ1) is 12.5. The summed E-state index contributed by atoms with van der Waals surface area (Å²) in [4.78, 5) is 17.1. The number of likely N-dealkylation sites (N-methyl/N-ethyl adjacent to an activating group) is 1. The molecular weight excluding hydrogens is 329 g/mol. The molecule has 1 aliphatic heterocycles. The van der Waals surface area contributed by atoms with Crippen molar-refractivity contribution in [2.24, 2.45) is 0 Å². The molecule has 1 atom stereocenters. The molecule has 1 saturated heterocycles. The van der Waals surface area contributed by atoms with Gasteiger partial charge in [0.1, 0.15) is 5.82 Å². The maximum absolute atomic E-state index is 13.3. The second-order valence-electron chi connectivity index (χ2n) is 6.98. The van der Waals surface area contributed by atoms with Gasteiger partial charge in [-0.2, -0.15) is 0 Å². The maximum atomic E-state index is 13.3. The zero-order valence-corrected chi connectivity index (χ0v) is 15.4. The zero-order valence-electron chi connectivity index (χ0n) is 15.4. The second kappa shape index (κ2) is 8.43. The van der Waals surface area contributed by atoms with Crippen molar-refractivity contribution in [3.8, 4) is 0 Å². The number of amides is 1. The highest BCUT2D eigenvalue weighted by atomic mass is 19.1. The molecule has 0 bridgehead atoms. The third-order valence-electron chi connectivity index (χ3n) is 5.00. The van der Waals surface area contributed by atoms with E-state index in [1.807, 2.05) is 43.3 Å². The average Bonchev–Trinajstić information content (AvgIpc) is 2.65. The van der Waals surface area contributed by atoms with Crippen molar-refractivity contribution in [2.75, 3.05) is 39.8 Å². The Kier molecular flexibility index (Phi) is 6.01. The standard InChI is InChI=1S/C21H26FN3O/c1-16-3-5-18(6-4-16)21(26)23-15-20(17-7-9-19(22)10-8-17)25-13-11-24(2)12-14-25/h3-10,20H,11-15H2,1-2H3,(H,23,26)/t20-/m0/s1. The SMILES string of the molecule is Cc1ccc(C(=O)NC[C@@H](c2ccc(F)cc2)N2CCN(C)CC2)cc1. The van der Waals surface area contributed by atoms with Crippen LogP contribution in [0.3, 0.4) is 0 Å². The lowest BCUT2D eigenvalue weighted by atomic mass is 10.0. The van der Waals surface area contributed by atoms with E-state index >= 15 is 0 Å². The van der Waals surface area contributed by atoms with E-state index in [0.29, 0.717) is 12.1 Å². The Bertz CT molecular complexity index is 722. The molecule has 1 aliphatic rings. The van der Waals surface area contributed by atoms with Gasteiger partial charge in [0, 0.05) is 38.3 Å². The van der Waals surface area contributed by atoms with Gasteiger partial charge in [-0.1, -0.05) is 29.8 Å². The van der Waals surface area contributed by atoms with Crippen molar-refractivity contribution < 1.29 is 9.18 Å². The quantitative estimate of drug-likeness (QED) is 0.896. The minimum atomic E-state index is -0.241. The number of rotatable bonds is 5. The molecule has 0 spiro atoms. The van der Waals surface area contributed by atoms with Crippen LogP contribution >= 0.6 is 0 Å². The van der Waals surface area contributed by atoms with Gasteiger partial charge >= 0.3 is 0 Å². The van der Waals surface area contributed by atoms with Gasteiger partial charge in [-0.3, -0.25) is 9.69 Å². The van der Waals surface area contributed by atoms with Crippen LogP contribution in [-0.2, 0) is 0 Å². The lowest BCUT2D eigenvalue weighted by molar-refractivity contribution is 0.0886. The van der Waals surface area contributed by atoms with E-state index in [4.69, 9.17) is 0 Å². The van der Waals surface area contributed by atoms with E-state index in [-0.39, 0.29) is 17.8 Å². The van der Waals surface area contributed by atoms with E-state index in [0.717, 1.165) is 37.3 Å². The van der Waals surface area contributed by atoms with E-state index in [1.54, 1.807) is 0 Å². The van der Waals surface area contributed by atoms with Gasteiger partial charge in [0.25, 0.3) is 5.91 Å². The third-order valence-corrected chi connectivity index (χ3v) is 5.00. The molecule has 0 aliphatic carbocycles. The van der Waals surface area contributed by atoms with E-state index in [2.05, 4.69) is 22.2 Å². The number of carbonyl (C=O) groups excluding carboxylic acids is 1. The summed E-state index contributed by atoms with van der Waals surface area (Å²) in [6.45, 7) is 6.34. The third kappa shape index (κ3) is 4.68. The monoisotopic (exact) mass is 355 g/mol. The van der Waals surface area contributed by atoms with Crippen molar-refractivity contribution in [2.45, 2.75) is 13.0 Å². The number of hydrogen-bond donors (Lipinski definition) is 1. The smallest absolute Gasteiger partial charge is 0.251 e. The predicted octanol–water partition coefficient (Wildman–Crippen LogP) is 2.85. The lowest BCUT2D eigenvalue weighted by Gasteiger charge is -2.38. The fraction of sp³-hybridized carbons (Fsp3) is 0.381. The van der Waals surface area contributed by atoms with Gasteiger partial charge in [-0.05, 0) is 43.8 Å². The lowest BCUT2D eigenvalue weighted by Crippen LogP contribution is -2.48. The number of benzene rings is 2. The molecule has 26 heavy (non-hydrogen) atoms. The van der Waals surface area contributed by atoms with Crippen molar-refractivity contribution in [3.63, 3.8) is 0 Å². The van der Waals surface area contributed by atoms with Crippen LogP contribution < -0.4 is 5.32 Å². The number of nitrogens with one attached hydrogen (secondary N) is 1. The molecule has 0 saturated carbocycles. The molecule has 5 heteroatoms. The summed E-state index contributed by atoms with van der Waals surface area (Å²) >= 11 is 0. The average molecular weight is 355 g/mol.